The largest absolute Gasteiger partial charge is 0.361 e. The molecule has 92 valence electrons. The molecule has 0 saturated heterocycles. The highest BCUT2D eigenvalue weighted by Gasteiger charge is 2.04. The summed E-state index contributed by atoms with van der Waals surface area (Å²) in [7, 11) is 0. The van der Waals surface area contributed by atoms with E-state index in [1.54, 1.807) is 12.1 Å². The summed E-state index contributed by atoms with van der Waals surface area (Å²) in [6, 6.07) is 5.41. The molecule has 0 fully saturated rings. The minimum Gasteiger partial charge on any atom is -0.361 e. The summed E-state index contributed by atoms with van der Waals surface area (Å²) in [5.74, 6) is -0.168. The Bertz CT molecular complexity index is 488. The van der Waals surface area contributed by atoms with Crippen molar-refractivity contribution >= 4 is 10.9 Å². The van der Waals surface area contributed by atoms with Crippen molar-refractivity contribution in [3.63, 3.8) is 0 Å². The van der Waals surface area contributed by atoms with Crippen LogP contribution in [0.5, 0.6) is 0 Å². The van der Waals surface area contributed by atoms with Crippen LogP contribution in [-0.4, -0.2) is 17.6 Å². The number of H-pyrrole nitrogens is 1. The number of benzene rings is 1. The van der Waals surface area contributed by atoms with Gasteiger partial charge in [0.05, 0.1) is 0 Å². The maximum atomic E-state index is 13.2. The lowest BCUT2D eigenvalue weighted by Gasteiger charge is -2.07. The predicted molar refractivity (Wildman–Crippen MR) is 69.7 cm³/mol. The van der Waals surface area contributed by atoms with Crippen LogP contribution in [0.1, 0.15) is 25.8 Å². The molecule has 0 amide bonds. The average Bonchev–Trinajstić information content (AvgIpc) is 2.67. The van der Waals surface area contributed by atoms with Crippen LogP contribution in [0.4, 0.5) is 4.39 Å². The van der Waals surface area contributed by atoms with Crippen molar-refractivity contribution in [1.82, 2.24) is 10.3 Å². The van der Waals surface area contributed by atoms with E-state index in [1.165, 1.54) is 11.6 Å². The molecule has 1 aromatic heterocycles. The van der Waals surface area contributed by atoms with Gasteiger partial charge in [-0.25, -0.2) is 4.39 Å². The summed E-state index contributed by atoms with van der Waals surface area (Å²) in [4.78, 5) is 3.18. The standard InChI is InChI=1S/C14H19FN2/c1-10(2)16-7-3-4-11-9-17-14-6-5-12(15)8-13(11)14/h5-6,8-10,16-17H,3-4,7H2,1-2H3. The van der Waals surface area contributed by atoms with E-state index < -0.39 is 0 Å². The van der Waals surface area contributed by atoms with Crippen molar-refractivity contribution < 1.29 is 4.39 Å². The molecular formula is C14H19FN2. The minimum absolute atomic E-state index is 0.168. The number of hydrogen-bond donors (Lipinski definition) is 2. The first-order valence-corrected chi connectivity index (χ1v) is 6.15. The molecular weight excluding hydrogens is 215 g/mol. The second-order valence-electron chi connectivity index (χ2n) is 4.72. The zero-order valence-corrected chi connectivity index (χ0v) is 10.4. The van der Waals surface area contributed by atoms with Gasteiger partial charge in [0.2, 0.25) is 0 Å². The van der Waals surface area contributed by atoms with Gasteiger partial charge in [0.15, 0.2) is 0 Å². The van der Waals surface area contributed by atoms with Gasteiger partial charge in [0.1, 0.15) is 5.82 Å². The third-order valence-electron chi connectivity index (χ3n) is 2.90. The van der Waals surface area contributed by atoms with Crippen LogP contribution in [0.3, 0.4) is 0 Å². The number of hydrogen-bond acceptors (Lipinski definition) is 1. The summed E-state index contributed by atoms with van der Waals surface area (Å²) in [6.45, 7) is 5.28. The van der Waals surface area contributed by atoms with Crippen LogP contribution in [-0.2, 0) is 6.42 Å². The van der Waals surface area contributed by atoms with Gasteiger partial charge in [-0.2, -0.15) is 0 Å². The Kier molecular flexibility index (Phi) is 3.79. The molecule has 2 N–H and O–H groups in total. The lowest BCUT2D eigenvalue weighted by atomic mass is 10.1. The number of rotatable bonds is 5. The Hall–Kier alpha value is -1.35. The maximum Gasteiger partial charge on any atom is 0.123 e. The molecule has 0 aliphatic heterocycles. The minimum atomic E-state index is -0.168. The summed E-state index contributed by atoms with van der Waals surface area (Å²) >= 11 is 0. The molecule has 0 saturated carbocycles. The number of aromatic amines is 1. The van der Waals surface area contributed by atoms with Crippen LogP contribution < -0.4 is 5.32 Å². The monoisotopic (exact) mass is 234 g/mol. The van der Waals surface area contributed by atoms with E-state index in [2.05, 4.69) is 24.1 Å². The van der Waals surface area contributed by atoms with E-state index in [0.717, 1.165) is 30.3 Å². The fourth-order valence-electron chi connectivity index (χ4n) is 2.03. The van der Waals surface area contributed by atoms with Crippen molar-refractivity contribution in [2.24, 2.45) is 0 Å². The quantitative estimate of drug-likeness (QED) is 0.764. The van der Waals surface area contributed by atoms with E-state index in [9.17, 15) is 4.39 Å². The molecule has 1 heterocycles. The number of aromatic nitrogens is 1. The highest BCUT2D eigenvalue weighted by molar-refractivity contribution is 5.83. The van der Waals surface area contributed by atoms with Gasteiger partial charge in [0.25, 0.3) is 0 Å². The first-order valence-electron chi connectivity index (χ1n) is 6.15. The number of fused-ring (bicyclic) bond motifs is 1. The molecule has 0 radical (unpaired) electrons. The van der Waals surface area contributed by atoms with Crippen LogP contribution in [0.25, 0.3) is 10.9 Å². The Morgan fingerprint density at radius 2 is 2.18 bits per heavy atom. The molecule has 0 unspecified atom stereocenters. The zero-order valence-electron chi connectivity index (χ0n) is 10.4. The molecule has 2 nitrogen and oxygen atoms in total. The lowest BCUT2D eigenvalue weighted by Crippen LogP contribution is -2.23. The third kappa shape index (κ3) is 3.07. The Labute approximate surface area is 101 Å². The van der Waals surface area contributed by atoms with Crippen molar-refractivity contribution in [3.05, 3.63) is 35.8 Å². The molecule has 0 aliphatic carbocycles. The maximum absolute atomic E-state index is 13.2. The molecule has 2 aromatic rings. The van der Waals surface area contributed by atoms with Crippen LogP contribution >= 0.6 is 0 Å². The van der Waals surface area contributed by atoms with Gasteiger partial charge >= 0.3 is 0 Å². The Balaban J connectivity index is 2.01. The third-order valence-corrected chi connectivity index (χ3v) is 2.90. The molecule has 3 heteroatoms. The molecule has 1 aromatic carbocycles. The van der Waals surface area contributed by atoms with Crippen LogP contribution in [0.15, 0.2) is 24.4 Å². The van der Waals surface area contributed by atoms with Crippen molar-refractivity contribution in [2.75, 3.05) is 6.54 Å². The Morgan fingerprint density at radius 1 is 1.35 bits per heavy atom. The highest BCUT2D eigenvalue weighted by atomic mass is 19.1. The van der Waals surface area contributed by atoms with Crippen LogP contribution in [0, 0.1) is 5.82 Å². The van der Waals surface area contributed by atoms with Gasteiger partial charge in [0, 0.05) is 23.1 Å². The second kappa shape index (κ2) is 5.32. The summed E-state index contributed by atoms with van der Waals surface area (Å²) in [5.41, 5.74) is 2.21. The van der Waals surface area contributed by atoms with E-state index in [-0.39, 0.29) is 5.82 Å². The van der Waals surface area contributed by atoms with Gasteiger partial charge in [-0.15, -0.1) is 0 Å². The number of aryl methyl sites for hydroxylation is 1. The average molecular weight is 234 g/mol. The molecule has 0 bridgehead atoms. The number of halogens is 1. The first-order chi connectivity index (χ1) is 8.16. The number of nitrogens with one attached hydrogen (secondary N) is 2. The summed E-state index contributed by atoms with van der Waals surface area (Å²) in [6.07, 6.45) is 4.03. The van der Waals surface area contributed by atoms with Gasteiger partial charge in [-0.05, 0) is 43.1 Å². The Morgan fingerprint density at radius 3 is 2.94 bits per heavy atom. The predicted octanol–water partition coefficient (Wildman–Crippen LogP) is 3.24. The van der Waals surface area contributed by atoms with E-state index in [4.69, 9.17) is 0 Å². The zero-order chi connectivity index (χ0) is 12.3. The summed E-state index contributed by atoms with van der Waals surface area (Å²) in [5, 5.41) is 4.39. The van der Waals surface area contributed by atoms with Gasteiger partial charge < -0.3 is 10.3 Å². The van der Waals surface area contributed by atoms with Crippen molar-refractivity contribution in [2.45, 2.75) is 32.7 Å². The normalized spacial score (nSPS) is 11.5. The fourth-order valence-corrected chi connectivity index (χ4v) is 2.03. The molecule has 0 spiro atoms. The summed E-state index contributed by atoms with van der Waals surface area (Å²) < 4.78 is 13.2. The van der Waals surface area contributed by atoms with Crippen molar-refractivity contribution in [3.8, 4) is 0 Å². The SMILES string of the molecule is CC(C)NCCCc1c[nH]c2ccc(F)cc12. The molecule has 17 heavy (non-hydrogen) atoms. The molecule has 0 aliphatic rings. The smallest absolute Gasteiger partial charge is 0.123 e. The van der Waals surface area contributed by atoms with Crippen molar-refractivity contribution in [1.29, 1.82) is 0 Å². The molecule has 0 atom stereocenters. The highest BCUT2D eigenvalue weighted by Crippen LogP contribution is 2.20. The fraction of sp³-hybridized carbons (Fsp3) is 0.429. The van der Waals surface area contributed by atoms with E-state index in [0.29, 0.717) is 6.04 Å². The molecule has 2 rings (SSSR count). The van der Waals surface area contributed by atoms with E-state index >= 15 is 0 Å². The van der Waals surface area contributed by atoms with Crippen LogP contribution in [0.2, 0.25) is 0 Å². The topological polar surface area (TPSA) is 27.8 Å². The lowest BCUT2D eigenvalue weighted by molar-refractivity contribution is 0.571. The van der Waals surface area contributed by atoms with E-state index in [1.807, 2.05) is 6.20 Å². The first kappa shape index (κ1) is 12.1. The van der Waals surface area contributed by atoms with Gasteiger partial charge in [-0.3, -0.25) is 0 Å². The second-order valence-corrected chi connectivity index (χ2v) is 4.72. The van der Waals surface area contributed by atoms with Gasteiger partial charge in [-0.1, -0.05) is 13.8 Å².